The Morgan fingerprint density at radius 2 is 1.76 bits per heavy atom. The average Bonchev–Trinajstić information content (AvgIpc) is 2.83. The zero-order valence-electron chi connectivity index (χ0n) is 11.6. The summed E-state index contributed by atoms with van der Waals surface area (Å²) in [5.74, 6) is -0.970. The van der Waals surface area contributed by atoms with Gasteiger partial charge in [0.2, 0.25) is 0 Å². The molecule has 5 heteroatoms. The molecule has 110 valence electrons. The molecule has 1 aromatic rings. The van der Waals surface area contributed by atoms with Crippen LogP contribution in [0.2, 0.25) is 0 Å². The Hall–Kier alpha value is -2.14. The number of amides is 1. The van der Waals surface area contributed by atoms with E-state index in [1.165, 1.54) is 6.08 Å². The minimum atomic E-state index is -0.987. The van der Waals surface area contributed by atoms with E-state index in [0.29, 0.717) is 18.7 Å². The van der Waals surface area contributed by atoms with Crippen LogP contribution in [0, 0.1) is 0 Å². The van der Waals surface area contributed by atoms with E-state index in [2.05, 4.69) is 0 Å². The van der Waals surface area contributed by atoms with Crippen molar-refractivity contribution in [3.63, 3.8) is 0 Å². The summed E-state index contributed by atoms with van der Waals surface area (Å²) in [6.07, 6.45) is 5.03. The fourth-order valence-corrected chi connectivity index (χ4v) is 2.87. The summed E-state index contributed by atoms with van der Waals surface area (Å²) in [5, 5.41) is 8.58. The fourth-order valence-electron chi connectivity index (χ4n) is 2.87. The third-order valence-corrected chi connectivity index (χ3v) is 3.91. The molecule has 2 saturated heterocycles. The number of carboxylic acid groups (broad SMARTS) is 1. The summed E-state index contributed by atoms with van der Waals surface area (Å²) >= 11 is 0. The molecule has 2 aliphatic heterocycles. The molecule has 0 saturated carbocycles. The number of hydrogen-bond donors (Lipinski definition) is 1. The molecule has 1 amide bonds. The molecular weight excluding hydrogens is 270 g/mol. The predicted molar refractivity (Wildman–Crippen MR) is 76.9 cm³/mol. The Balaban J connectivity index is 1.69. The van der Waals surface area contributed by atoms with Gasteiger partial charge >= 0.3 is 5.97 Å². The first kappa shape index (κ1) is 13.8. The van der Waals surface area contributed by atoms with E-state index in [-0.39, 0.29) is 18.1 Å². The number of benzene rings is 1. The van der Waals surface area contributed by atoms with Crippen molar-refractivity contribution in [2.24, 2.45) is 0 Å². The van der Waals surface area contributed by atoms with Gasteiger partial charge in [0.05, 0.1) is 12.2 Å². The fraction of sp³-hybridized carbons (Fsp3) is 0.375. The molecule has 5 nitrogen and oxygen atoms in total. The highest BCUT2D eigenvalue weighted by molar-refractivity contribution is 5.94. The molecule has 0 radical (unpaired) electrons. The van der Waals surface area contributed by atoms with Crippen molar-refractivity contribution < 1.29 is 19.4 Å². The number of fused-ring (bicyclic) bond motifs is 2. The zero-order valence-corrected chi connectivity index (χ0v) is 11.6. The molecular formula is C16H17NO4. The highest BCUT2D eigenvalue weighted by atomic mass is 16.5. The summed E-state index contributed by atoms with van der Waals surface area (Å²) in [6.45, 7) is 1.33. The third kappa shape index (κ3) is 3.13. The standard InChI is InChI=1S/C16H17NO4/c18-15(19)8-3-11-1-4-12(5-2-11)16(20)17-9-13-6-7-14(10-17)21-13/h1-5,8,13-14H,6-7,9-10H2,(H,18,19). The van der Waals surface area contributed by atoms with E-state index in [1.807, 2.05) is 4.90 Å². The van der Waals surface area contributed by atoms with Crippen LogP contribution < -0.4 is 0 Å². The van der Waals surface area contributed by atoms with Crippen LogP contribution in [0.25, 0.3) is 6.08 Å². The highest BCUT2D eigenvalue weighted by Gasteiger charge is 2.35. The Labute approximate surface area is 122 Å². The Bertz CT molecular complexity index is 566. The van der Waals surface area contributed by atoms with Gasteiger partial charge < -0.3 is 14.7 Å². The summed E-state index contributed by atoms with van der Waals surface area (Å²) in [4.78, 5) is 24.8. The molecule has 2 atom stereocenters. The SMILES string of the molecule is O=C(O)C=Cc1ccc(C(=O)N2CC3CCC(C2)O3)cc1. The maximum atomic E-state index is 12.5. The van der Waals surface area contributed by atoms with E-state index in [1.54, 1.807) is 24.3 Å². The van der Waals surface area contributed by atoms with Crippen LogP contribution >= 0.6 is 0 Å². The number of carboxylic acids is 1. The lowest BCUT2D eigenvalue weighted by atomic mass is 10.1. The highest BCUT2D eigenvalue weighted by Crippen LogP contribution is 2.27. The van der Waals surface area contributed by atoms with Gasteiger partial charge in [-0.2, -0.15) is 0 Å². The molecule has 0 aliphatic carbocycles. The van der Waals surface area contributed by atoms with E-state index < -0.39 is 5.97 Å². The van der Waals surface area contributed by atoms with Crippen LogP contribution in [0.15, 0.2) is 30.3 Å². The van der Waals surface area contributed by atoms with Gasteiger partial charge in [-0.05, 0) is 36.6 Å². The van der Waals surface area contributed by atoms with Gasteiger partial charge in [0.15, 0.2) is 0 Å². The topological polar surface area (TPSA) is 66.8 Å². The normalized spacial score (nSPS) is 24.5. The average molecular weight is 287 g/mol. The van der Waals surface area contributed by atoms with Crippen molar-refractivity contribution in [3.05, 3.63) is 41.5 Å². The molecule has 2 fully saturated rings. The minimum absolute atomic E-state index is 0.0176. The van der Waals surface area contributed by atoms with E-state index in [9.17, 15) is 9.59 Å². The number of likely N-dealkylation sites (tertiary alicyclic amines) is 1. The maximum absolute atomic E-state index is 12.5. The summed E-state index contributed by atoms with van der Waals surface area (Å²) in [5.41, 5.74) is 1.39. The second-order valence-corrected chi connectivity index (χ2v) is 5.46. The monoisotopic (exact) mass is 287 g/mol. The molecule has 1 aromatic carbocycles. The van der Waals surface area contributed by atoms with Crippen molar-refractivity contribution >= 4 is 18.0 Å². The number of aliphatic carboxylic acids is 1. The van der Waals surface area contributed by atoms with Crippen molar-refractivity contribution in [1.82, 2.24) is 4.90 Å². The molecule has 3 rings (SSSR count). The number of rotatable bonds is 3. The van der Waals surface area contributed by atoms with Crippen LogP contribution in [0.4, 0.5) is 0 Å². The van der Waals surface area contributed by atoms with Gasteiger partial charge in [-0.1, -0.05) is 12.1 Å². The van der Waals surface area contributed by atoms with Gasteiger partial charge in [0, 0.05) is 24.7 Å². The third-order valence-electron chi connectivity index (χ3n) is 3.91. The largest absolute Gasteiger partial charge is 0.478 e. The minimum Gasteiger partial charge on any atom is -0.478 e. The van der Waals surface area contributed by atoms with Crippen molar-refractivity contribution in [2.45, 2.75) is 25.0 Å². The van der Waals surface area contributed by atoms with E-state index in [0.717, 1.165) is 24.5 Å². The lowest BCUT2D eigenvalue weighted by Crippen LogP contribution is -2.45. The summed E-state index contributed by atoms with van der Waals surface area (Å²) < 4.78 is 5.73. The van der Waals surface area contributed by atoms with Gasteiger partial charge in [-0.25, -0.2) is 4.79 Å². The van der Waals surface area contributed by atoms with E-state index in [4.69, 9.17) is 9.84 Å². The molecule has 2 unspecified atom stereocenters. The molecule has 0 spiro atoms. The van der Waals surface area contributed by atoms with Gasteiger partial charge in [-0.3, -0.25) is 4.79 Å². The van der Waals surface area contributed by atoms with Crippen LogP contribution in [0.3, 0.4) is 0 Å². The number of morpholine rings is 1. The number of carbonyl (C=O) groups is 2. The van der Waals surface area contributed by atoms with Crippen molar-refractivity contribution in [2.75, 3.05) is 13.1 Å². The molecule has 1 N–H and O–H groups in total. The molecule has 2 heterocycles. The van der Waals surface area contributed by atoms with Crippen LogP contribution in [-0.4, -0.2) is 47.2 Å². The second kappa shape index (κ2) is 5.69. The first-order chi connectivity index (χ1) is 10.1. The smallest absolute Gasteiger partial charge is 0.328 e. The maximum Gasteiger partial charge on any atom is 0.328 e. The summed E-state index contributed by atoms with van der Waals surface area (Å²) in [6, 6.07) is 6.98. The molecule has 2 bridgehead atoms. The van der Waals surface area contributed by atoms with Gasteiger partial charge in [-0.15, -0.1) is 0 Å². The van der Waals surface area contributed by atoms with Gasteiger partial charge in [0.25, 0.3) is 5.91 Å². The number of nitrogens with zero attached hydrogens (tertiary/aromatic N) is 1. The van der Waals surface area contributed by atoms with E-state index >= 15 is 0 Å². The lowest BCUT2D eigenvalue weighted by Gasteiger charge is -2.32. The Morgan fingerprint density at radius 3 is 2.33 bits per heavy atom. The number of hydrogen-bond acceptors (Lipinski definition) is 3. The van der Waals surface area contributed by atoms with Crippen LogP contribution in [0.1, 0.15) is 28.8 Å². The quantitative estimate of drug-likeness (QED) is 0.861. The predicted octanol–water partition coefficient (Wildman–Crippen LogP) is 1.79. The van der Waals surface area contributed by atoms with Gasteiger partial charge in [0.1, 0.15) is 0 Å². The second-order valence-electron chi connectivity index (χ2n) is 5.46. The summed E-state index contributed by atoms with van der Waals surface area (Å²) in [7, 11) is 0. The van der Waals surface area contributed by atoms with Crippen molar-refractivity contribution in [3.8, 4) is 0 Å². The lowest BCUT2D eigenvalue weighted by molar-refractivity contribution is -0.131. The Kier molecular flexibility index (Phi) is 3.75. The molecule has 2 aliphatic rings. The number of ether oxygens (including phenoxy) is 1. The van der Waals surface area contributed by atoms with Crippen LogP contribution in [-0.2, 0) is 9.53 Å². The first-order valence-electron chi connectivity index (χ1n) is 7.07. The number of carbonyl (C=O) groups excluding carboxylic acids is 1. The van der Waals surface area contributed by atoms with Crippen molar-refractivity contribution in [1.29, 1.82) is 0 Å². The Morgan fingerprint density at radius 1 is 1.14 bits per heavy atom. The first-order valence-corrected chi connectivity index (χ1v) is 7.07. The zero-order chi connectivity index (χ0) is 14.8. The molecule has 0 aromatic heterocycles. The molecule has 21 heavy (non-hydrogen) atoms. The van der Waals surface area contributed by atoms with Crippen LogP contribution in [0.5, 0.6) is 0 Å².